The van der Waals surface area contributed by atoms with Crippen LogP contribution < -0.4 is 5.32 Å². The average Bonchev–Trinajstić information content (AvgIpc) is 2.39. The van der Waals surface area contributed by atoms with Crippen molar-refractivity contribution < 1.29 is 5.11 Å². The number of phenolic OH excluding ortho intramolecular Hbond substituents is 1. The Balaban J connectivity index is 1.63. The first-order valence-corrected chi connectivity index (χ1v) is 7.23. The van der Waals surface area contributed by atoms with Crippen LogP contribution in [0.15, 0.2) is 24.3 Å². The minimum atomic E-state index is 0.400. The van der Waals surface area contributed by atoms with Crippen molar-refractivity contribution in [2.75, 3.05) is 6.54 Å². The van der Waals surface area contributed by atoms with Gasteiger partial charge in [-0.2, -0.15) is 0 Å². The van der Waals surface area contributed by atoms with Crippen molar-refractivity contribution in [1.82, 2.24) is 5.32 Å². The highest BCUT2D eigenvalue weighted by Gasteiger charge is 2.17. The molecule has 0 aliphatic heterocycles. The molecule has 0 radical (unpaired) electrons. The molecule has 1 aromatic carbocycles. The molecular formula is C16H25NO. The van der Waals surface area contributed by atoms with E-state index in [0.29, 0.717) is 5.75 Å². The molecule has 2 heteroatoms. The van der Waals surface area contributed by atoms with E-state index >= 15 is 0 Å². The van der Waals surface area contributed by atoms with Crippen LogP contribution >= 0.6 is 0 Å². The maximum atomic E-state index is 9.65. The van der Waals surface area contributed by atoms with E-state index in [1.807, 2.05) is 18.2 Å². The summed E-state index contributed by atoms with van der Waals surface area (Å²) < 4.78 is 0. The first kappa shape index (κ1) is 13.4. The first-order valence-electron chi connectivity index (χ1n) is 7.23. The Kier molecular flexibility index (Phi) is 5.06. The van der Waals surface area contributed by atoms with Crippen molar-refractivity contribution in [3.8, 4) is 5.75 Å². The number of para-hydroxylation sites is 1. The monoisotopic (exact) mass is 247 g/mol. The Bertz CT molecular complexity index is 356. The van der Waals surface area contributed by atoms with E-state index in [2.05, 4.69) is 12.2 Å². The summed E-state index contributed by atoms with van der Waals surface area (Å²) in [5.74, 6) is 2.25. The Morgan fingerprint density at radius 3 is 2.61 bits per heavy atom. The van der Waals surface area contributed by atoms with Gasteiger partial charge in [-0.15, -0.1) is 0 Å². The summed E-state index contributed by atoms with van der Waals surface area (Å²) in [5, 5.41) is 13.1. The minimum absolute atomic E-state index is 0.400. The second kappa shape index (κ2) is 6.79. The van der Waals surface area contributed by atoms with E-state index in [1.54, 1.807) is 6.07 Å². The van der Waals surface area contributed by atoms with E-state index in [-0.39, 0.29) is 0 Å². The summed E-state index contributed by atoms with van der Waals surface area (Å²) in [6.07, 6.45) is 6.90. The van der Waals surface area contributed by atoms with E-state index in [4.69, 9.17) is 0 Å². The van der Waals surface area contributed by atoms with E-state index in [9.17, 15) is 5.11 Å². The topological polar surface area (TPSA) is 32.3 Å². The van der Waals surface area contributed by atoms with Crippen LogP contribution in [-0.4, -0.2) is 11.7 Å². The minimum Gasteiger partial charge on any atom is -0.508 e. The molecule has 0 saturated heterocycles. The van der Waals surface area contributed by atoms with Gasteiger partial charge in [0.1, 0.15) is 5.75 Å². The lowest BCUT2D eigenvalue weighted by Gasteiger charge is -2.26. The normalized spacial score (nSPS) is 24.1. The number of benzene rings is 1. The van der Waals surface area contributed by atoms with Gasteiger partial charge in [0, 0.05) is 12.1 Å². The van der Waals surface area contributed by atoms with Crippen molar-refractivity contribution >= 4 is 0 Å². The third-order valence-electron chi connectivity index (χ3n) is 4.17. The molecule has 18 heavy (non-hydrogen) atoms. The fraction of sp³-hybridized carbons (Fsp3) is 0.625. The second-order valence-electron chi connectivity index (χ2n) is 5.72. The van der Waals surface area contributed by atoms with Crippen LogP contribution in [0.1, 0.15) is 44.6 Å². The average molecular weight is 247 g/mol. The number of rotatable bonds is 5. The molecule has 100 valence electrons. The molecule has 1 aliphatic rings. The Morgan fingerprint density at radius 1 is 1.17 bits per heavy atom. The number of nitrogens with one attached hydrogen (secondary N) is 1. The smallest absolute Gasteiger partial charge is 0.120 e. The zero-order valence-corrected chi connectivity index (χ0v) is 11.4. The summed E-state index contributed by atoms with van der Waals surface area (Å²) in [6.45, 7) is 4.20. The molecule has 2 rings (SSSR count). The van der Waals surface area contributed by atoms with E-state index in [1.165, 1.54) is 32.1 Å². The Hall–Kier alpha value is -1.02. The lowest BCUT2D eigenvalue weighted by molar-refractivity contribution is 0.275. The molecule has 0 aromatic heterocycles. The molecule has 0 heterocycles. The fourth-order valence-electron chi connectivity index (χ4n) is 2.81. The van der Waals surface area contributed by atoms with Crippen LogP contribution in [0, 0.1) is 11.8 Å². The lowest BCUT2D eigenvalue weighted by Crippen LogP contribution is -2.20. The largest absolute Gasteiger partial charge is 0.508 e. The van der Waals surface area contributed by atoms with Crippen LogP contribution in [0.5, 0.6) is 5.75 Å². The van der Waals surface area contributed by atoms with Gasteiger partial charge in [-0.25, -0.2) is 0 Å². The van der Waals surface area contributed by atoms with Gasteiger partial charge in [0.2, 0.25) is 0 Å². The van der Waals surface area contributed by atoms with Gasteiger partial charge in [0.05, 0.1) is 0 Å². The van der Waals surface area contributed by atoms with Crippen molar-refractivity contribution in [2.45, 2.75) is 45.6 Å². The molecule has 0 amide bonds. The van der Waals surface area contributed by atoms with Gasteiger partial charge in [0.25, 0.3) is 0 Å². The molecule has 0 unspecified atom stereocenters. The molecule has 1 saturated carbocycles. The van der Waals surface area contributed by atoms with Crippen molar-refractivity contribution in [2.24, 2.45) is 11.8 Å². The Morgan fingerprint density at radius 2 is 1.89 bits per heavy atom. The quantitative estimate of drug-likeness (QED) is 0.778. The van der Waals surface area contributed by atoms with Crippen LogP contribution in [0.25, 0.3) is 0 Å². The van der Waals surface area contributed by atoms with Crippen molar-refractivity contribution in [1.29, 1.82) is 0 Å². The fourth-order valence-corrected chi connectivity index (χ4v) is 2.81. The number of phenols is 1. The predicted octanol–water partition coefficient (Wildman–Crippen LogP) is 3.70. The third-order valence-corrected chi connectivity index (χ3v) is 4.17. The lowest BCUT2D eigenvalue weighted by atomic mass is 9.81. The summed E-state index contributed by atoms with van der Waals surface area (Å²) in [7, 11) is 0. The van der Waals surface area contributed by atoms with Crippen molar-refractivity contribution in [3.05, 3.63) is 29.8 Å². The molecular weight excluding hydrogens is 222 g/mol. The summed E-state index contributed by atoms with van der Waals surface area (Å²) in [4.78, 5) is 0. The van der Waals surface area contributed by atoms with Crippen LogP contribution in [0.3, 0.4) is 0 Å². The van der Waals surface area contributed by atoms with Gasteiger partial charge < -0.3 is 10.4 Å². The van der Waals surface area contributed by atoms with Gasteiger partial charge >= 0.3 is 0 Å². The van der Waals surface area contributed by atoms with Crippen LogP contribution in [0.4, 0.5) is 0 Å². The highest BCUT2D eigenvalue weighted by molar-refractivity contribution is 5.31. The molecule has 0 spiro atoms. The zero-order chi connectivity index (χ0) is 12.8. The molecule has 1 aliphatic carbocycles. The maximum Gasteiger partial charge on any atom is 0.120 e. The van der Waals surface area contributed by atoms with Gasteiger partial charge in [-0.3, -0.25) is 0 Å². The maximum absolute atomic E-state index is 9.65. The summed E-state index contributed by atoms with van der Waals surface area (Å²) in [6, 6.07) is 7.56. The molecule has 2 nitrogen and oxygen atoms in total. The van der Waals surface area contributed by atoms with E-state index < -0.39 is 0 Å². The van der Waals surface area contributed by atoms with Gasteiger partial charge in [-0.05, 0) is 30.9 Å². The predicted molar refractivity (Wildman–Crippen MR) is 75.6 cm³/mol. The van der Waals surface area contributed by atoms with Crippen LogP contribution in [0.2, 0.25) is 0 Å². The second-order valence-corrected chi connectivity index (χ2v) is 5.72. The zero-order valence-electron chi connectivity index (χ0n) is 11.4. The molecule has 0 bridgehead atoms. The summed E-state index contributed by atoms with van der Waals surface area (Å²) in [5.41, 5.74) is 0.995. The van der Waals surface area contributed by atoms with E-state index in [0.717, 1.165) is 30.5 Å². The molecule has 2 N–H and O–H groups in total. The highest BCUT2D eigenvalue weighted by atomic mass is 16.3. The van der Waals surface area contributed by atoms with Crippen LogP contribution in [-0.2, 0) is 6.54 Å². The third kappa shape index (κ3) is 4.02. The number of hydrogen-bond donors (Lipinski definition) is 2. The van der Waals surface area contributed by atoms with Gasteiger partial charge in [-0.1, -0.05) is 50.8 Å². The highest BCUT2D eigenvalue weighted by Crippen LogP contribution is 2.29. The number of hydrogen-bond acceptors (Lipinski definition) is 2. The number of aromatic hydroxyl groups is 1. The SMILES string of the molecule is CC1CCC(CCNCc2ccccc2O)CC1. The van der Waals surface area contributed by atoms with Gasteiger partial charge in [0.15, 0.2) is 0 Å². The standard InChI is InChI=1S/C16H25NO/c1-13-6-8-14(9-7-13)10-11-17-12-15-4-2-3-5-16(15)18/h2-5,13-14,17-18H,6-12H2,1H3. The molecule has 1 fully saturated rings. The Labute approximate surface area is 110 Å². The van der Waals surface area contributed by atoms with Crippen molar-refractivity contribution in [3.63, 3.8) is 0 Å². The summed E-state index contributed by atoms with van der Waals surface area (Å²) >= 11 is 0. The molecule has 0 atom stereocenters. The molecule has 1 aromatic rings. The first-order chi connectivity index (χ1) is 8.75.